The Morgan fingerprint density at radius 1 is 1.11 bits per heavy atom. The molecular formula is C20H22N6O2. The Hall–Kier alpha value is -3.55. The molecule has 3 aromatic rings. The standard InChI is InChI=1S/C20H22N6O2/c1-3-13(2)14-8-10-17(11-9-14)22-18(27)12-26-24-20(23-25-26)16-6-4-15(5-7-16)19(21)28/h4-11,13H,3,12H2,1-2H3,(H2,21,28)(H,22,27)/t13-/m0/s1. The molecule has 2 aromatic carbocycles. The number of nitrogens with one attached hydrogen (secondary N) is 1. The van der Waals surface area contributed by atoms with Crippen molar-refractivity contribution in [2.45, 2.75) is 32.7 Å². The molecular weight excluding hydrogens is 356 g/mol. The van der Waals surface area contributed by atoms with Gasteiger partial charge in [-0.25, -0.2) is 0 Å². The first-order valence-electron chi connectivity index (χ1n) is 9.04. The number of primary amides is 1. The molecule has 8 heteroatoms. The highest BCUT2D eigenvalue weighted by Crippen LogP contribution is 2.20. The van der Waals surface area contributed by atoms with Gasteiger partial charge in [0.1, 0.15) is 6.54 Å². The molecule has 28 heavy (non-hydrogen) atoms. The number of nitrogens with two attached hydrogens (primary N) is 1. The molecule has 3 rings (SSSR count). The summed E-state index contributed by atoms with van der Waals surface area (Å²) < 4.78 is 0. The lowest BCUT2D eigenvalue weighted by molar-refractivity contribution is -0.117. The third-order valence-corrected chi connectivity index (χ3v) is 4.54. The van der Waals surface area contributed by atoms with Crippen LogP contribution < -0.4 is 11.1 Å². The topological polar surface area (TPSA) is 116 Å². The number of carbonyl (C=O) groups is 2. The predicted molar refractivity (Wildman–Crippen MR) is 106 cm³/mol. The first-order valence-corrected chi connectivity index (χ1v) is 9.04. The maximum absolute atomic E-state index is 12.2. The van der Waals surface area contributed by atoms with E-state index in [1.807, 2.05) is 24.3 Å². The highest BCUT2D eigenvalue weighted by atomic mass is 16.2. The summed E-state index contributed by atoms with van der Waals surface area (Å²) in [5.74, 6) is 0.0996. The summed E-state index contributed by atoms with van der Waals surface area (Å²) in [6.45, 7) is 4.26. The van der Waals surface area contributed by atoms with Gasteiger partial charge < -0.3 is 11.1 Å². The van der Waals surface area contributed by atoms with E-state index in [0.717, 1.165) is 12.1 Å². The lowest BCUT2D eigenvalue weighted by Crippen LogP contribution is -2.20. The number of benzene rings is 2. The number of anilines is 1. The Balaban J connectivity index is 1.61. The summed E-state index contributed by atoms with van der Waals surface area (Å²) >= 11 is 0. The van der Waals surface area contributed by atoms with Gasteiger partial charge in [-0.15, -0.1) is 10.2 Å². The van der Waals surface area contributed by atoms with Crippen molar-refractivity contribution in [1.29, 1.82) is 0 Å². The van der Waals surface area contributed by atoms with Crippen molar-refractivity contribution in [3.63, 3.8) is 0 Å². The van der Waals surface area contributed by atoms with E-state index in [1.165, 1.54) is 10.4 Å². The van der Waals surface area contributed by atoms with E-state index in [0.29, 0.717) is 22.9 Å². The highest BCUT2D eigenvalue weighted by molar-refractivity contribution is 5.93. The molecule has 0 aliphatic rings. The average molecular weight is 378 g/mol. The summed E-state index contributed by atoms with van der Waals surface area (Å²) in [7, 11) is 0. The number of carbonyl (C=O) groups excluding carboxylic acids is 2. The molecule has 0 aliphatic carbocycles. The van der Waals surface area contributed by atoms with Gasteiger partial charge in [0.15, 0.2) is 0 Å². The van der Waals surface area contributed by atoms with E-state index in [1.54, 1.807) is 24.3 Å². The van der Waals surface area contributed by atoms with Crippen molar-refractivity contribution in [3.8, 4) is 11.4 Å². The molecule has 0 spiro atoms. The third kappa shape index (κ3) is 4.59. The fourth-order valence-corrected chi connectivity index (χ4v) is 2.67. The van der Waals surface area contributed by atoms with Crippen molar-refractivity contribution in [3.05, 3.63) is 59.7 Å². The average Bonchev–Trinajstić information content (AvgIpc) is 3.16. The van der Waals surface area contributed by atoms with Crippen molar-refractivity contribution in [2.24, 2.45) is 5.73 Å². The fraction of sp³-hybridized carbons (Fsp3) is 0.250. The van der Waals surface area contributed by atoms with E-state index >= 15 is 0 Å². The van der Waals surface area contributed by atoms with Crippen LogP contribution in [0, 0.1) is 0 Å². The van der Waals surface area contributed by atoms with Crippen LogP contribution in [-0.4, -0.2) is 32.0 Å². The largest absolute Gasteiger partial charge is 0.366 e. The van der Waals surface area contributed by atoms with Gasteiger partial charge in [0.2, 0.25) is 17.6 Å². The molecule has 0 aliphatic heterocycles. The zero-order chi connectivity index (χ0) is 20.1. The first-order chi connectivity index (χ1) is 13.5. The summed E-state index contributed by atoms with van der Waals surface area (Å²) in [5, 5.41) is 14.9. The minimum atomic E-state index is -0.503. The summed E-state index contributed by atoms with van der Waals surface area (Å²) in [5.41, 5.74) is 8.26. The van der Waals surface area contributed by atoms with Gasteiger partial charge in [-0.2, -0.15) is 4.80 Å². The van der Waals surface area contributed by atoms with Crippen LogP contribution in [0.1, 0.15) is 42.1 Å². The Bertz CT molecular complexity index is 963. The minimum Gasteiger partial charge on any atom is -0.366 e. The van der Waals surface area contributed by atoms with Crippen molar-refractivity contribution >= 4 is 17.5 Å². The monoisotopic (exact) mass is 378 g/mol. The zero-order valence-corrected chi connectivity index (χ0v) is 15.8. The van der Waals surface area contributed by atoms with Crippen molar-refractivity contribution in [1.82, 2.24) is 20.2 Å². The van der Waals surface area contributed by atoms with Crippen molar-refractivity contribution < 1.29 is 9.59 Å². The summed E-state index contributed by atoms with van der Waals surface area (Å²) in [4.78, 5) is 24.6. The molecule has 1 atom stereocenters. The normalized spacial score (nSPS) is 11.8. The van der Waals surface area contributed by atoms with E-state index < -0.39 is 5.91 Å². The number of hydrogen-bond acceptors (Lipinski definition) is 5. The smallest absolute Gasteiger partial charge is 0.248 e. The van der Waals surface area contributed by atoms with Crippen LogP contribution in [0.25, 0.3) is 11.4 Å². The van der Waals surface area contributed by atoms with Crippen LogP contribution in [0.15, 0.2) is 48.5 Å². The molecule has 0 unspecified atom stereocenters. The number of amides is 2. The van der Waals surface area contributed by atoms with E-state index in [-0.39, 0.29) is 12.5 Å². The van der Waals surface area contributed by atoms with Crippen LogP contribution >= 0.6 is 0 Å². The zero-order valence-electron chi connectivity index (χ0n) is 15.8. The maximum Gasteiger partial charge on any atom is 0.248 e. The van der Waals surface area contributed by atoms with Crippen molar-refractivity contribution in [2.75, 3.05) is 5.32 Å². The summed E-state index contributed by atoms with van der Waals surface area (Å²) in [6.07, 6.45) is 1.07. The molecule has 3 N–H and O–H groups in total. The Labute approximate surface area is 162 Å². The predicted octanol–water partition coefficient (Wildman–Crippen LogP) is 2.59. The van der Waals surface area contributed by atoms with Gasteiger partial charge in [0.05, 0.1) is 0 Å². The molecule has 2 amide bonds. The molecule has 8 nitrogen and oxygen atoms in total. The van der Waals surface area contributed by atoms with Crippen LogP contribution in [-0.2, 0) is 11.3 Å². The molecule has 0 fully saturated rings. The maximum atomic E-state index is 12.2. The Morgan fingerprint density at radius 2 is 1.79 bits per heavy atom. The van der Waals surface area contributed by atoms with Crippen LogP contribution in [0.3, 0.4) is 0 Å². The molecule has 1 aromatic heterocycles. The Kier molecular flexibility index (Phi) is 5.78. The van der Waals surface area contributed by atoms with Gasteiger partial charge in [-0.3, -0.25) is 9.59 Å². The lowest BCUT2D eigenvalue weighted by Gasteiger charge is -2.10. The van der Waals surface area contributed by atoms with Crippen LogP contribution in [0.4, 0.5) is 5.69 Å². The highest BCUT2D eigenvalue weighted by Gasteiger charge is 2.11. The fourth-order valence-electron chi connectivity index (χ4n) is 2.67. The quantitative estimate of drug-likeness (QED) is 0.655. The SMILES string of the molecule is CC[C@H](C)c1ccc(NC(=O)Cn2nnc(-c3ccc(C(N)=O)cc3)n2)cc1. The minimum absolute atomic E-state index is 0.0561. The van der Waals surface area contributed by atoms with E-state index in [9.17, 15) is 9.59 Å². The number of tetrazole rings is 1. The molecule has 1 heterocycles. The number of rotatable bonds is 7. The molecule has 0 saturated carbocycles. The van der Waals surface area contributed by atoms with E-state index in [4.69, 9.17) is 5.73 Å². The molecule has 0 radical (unpaired) electrons. The molecule has 144 valence electrons. The van der Waals surface area contributed by atoms with Gasteiger partial charge in [0.25, 0.3) is 0 Å². The molecule has 0 bridgehead atoms. The number of nitrogens with zero attached hydrogens (tertiary/aromatic N) is 4. The second kappa shape index (κ2) is 8.43. The Morgan fingerprint density at radius 3 is 2.39 bits per heavy atom. The summed E-state index contributed by atoms with van der Waals surface area (Å²) in [6, 6.07) is 14.4. The van der Waals surface area contributed by atoms with Gasteiger partial charge >= 0.3 is 0 Å². The van der Waals surface area contributed by atoms with Crippen LogP contribution in [0.2, 0.25) is 0 Å². The molecule has 0 saturated heterocycles. The van der Waals surface area contributed by atoms with Crippen LogP contribution in [0.5, 0.6) is 0 Å². The third-order valence-electron chi connectivity index (χ3n) is 4.54. The van der Waals surface area contributed by atoms with E-state index in [2.05, 4.69) is 34.6 Å². The van der Waals surface area contributed by atoms with Gasteiger partial charge in [-0.1, -0.05) is 38.1 Å². The first kappa shape index (κ1) is 19.2. The second-order valence-corrected chi connectivity index (χ2v) is 6.56. The number of hydrogen-bond donors (Lipinski definition) is 2. The number of aromatic nitrogens is 4. The van der Waals surface area contributed by atoms with Gasteiger partial charge in [-0.05, 0) is 47.4 Å². The lowest BCUT2D eigenvalue weighted by atomic mass is 9.99. The second-order valence-electron chi connectivity index (χ2n) is 6.56. The van der Waals surface area contributed by atoms with Gasteiger partial charge in [0, 0.05) is 16.8 Å².